The Hall–Kier alpha value is -1.66. The number of carbonyl (C=O) groups excluding carboxylic acids is 2. The lowest BCUT2D eigenvalue weighted by molar-refractivity contribution is -0.138. The lowest BCUT2D eigenvalue weighted by atomic mass is 10.2. The van der Waals surface area contributed by atoms with Gasteiger partial charge in [0.1, 0.15) is 12.3 Å². The second-order valence-corrected chi connectivity index (χ2v) is 4.87. The molecule has 1 aromatic rings. The van der Waals surface area contributed by atoms with E-state index in [9.17, 15) is 14.4 Å². The van der Waals surface area contributed by atoms with Crippen molar-refractivity contribution in [2.45, 2.75) is 19.4 Å². The van der Waals surface area contributed by atoms with Crippen molar-refractivity contribution >= 4 is 29.1 Å². The molecule has 0 aromatic heterocycles. The number of hydrogen-bond acceptors (Lipinski definition) is 5. The lowest BCUT2D eigenvalue weighted by Crippen LogP contribution is -2.29. The van der Waals surface area contributed by atoms with E-state index in [0.29, 0.717) is 17.7 Å². The molecule has 0 fully saturated rings. The summed E-state index contributed by atoms with van der Waals surface area (Å²) < 4.78 is 0. The molecular formula is C14H19NO4S. The number of carboxylic acids is 1. The summed E-state index contributed by atoms with van der Waals surface area (Å²) in [6.45, 7) is 1.59. The van der Waals surface area contributed by atoms with E-state index >= 15 is 0 Å². The number of aliphatic carboxylic acids is 1. The predicted molar refractivity (Wildman–Crippen MR) is 80.1 cm³/mol. The Morgan fingerprint density at radius 3 is 2.35 bits per heavy atom. The average molecular weight is 297 g/mol. The first-order valence-corrected chi connectivity index (χ1v) is 7.07. The van der Waals surface area contributed by atoms with Crippen LogP contribution in [0.3, 0.4) is 0 Å². The van der Waals surface area contributed by atoms with Crippen LogP contribution in [0.4, 0.5) is 0 Å². The van der Waals surface area contributed by atoms with Crippen LogP contribution >= 0.6 is 11.8 Å². The molecule has 0 saturated carbocycles. The number of carbonyl (C=O) groups is 3. The second kappa shape index (κ2) is 11.2. The third-order valence-corrected chi connectivity index (χ3v) is 3.22. The van der Waals surface area contributed by atoms with Crippen molar-refractivity contribution in [1.29, 1.82) is 0 Å². The molecule has 0 amide bonds. The van der Waals surface area contributed by atoms with Gasteiger partial charge in [-0.3, -0.25) is 9.59 Å². The summed E-state index contributed by atoms with van der Waals surface area (Å²) in [4.78, 5) is 31.2. The Morgan fingerprint density at radius 1 is 1.35 bits per heavy atom. The standard InChI is InChI=1S/C10H10O2S.C4H9NO2/c11-7-4-8-13-10(12)9-5-2-1-3-6-9;1-3(5-2)4(6)7/h1-3,5-7H,4,8H2;3,5H,1-2H3,(H,6,7). The van der Waals surface area contributed by atoms with Gasteiger partial charge in [-0.15, -0.1) is 0 Å². The van der Waals surface area contributed by atoms with Crippen molar-refractivity contribution in [3.63, 3.8) is 0 Å². The maximum absolute atomic E-state index is 11.4. The van der Waals surface area contributed by atoms with E-state index in [1.54, 1.807) is 26.1 Å². The van der Waals surface area contributed by atoms with Gasteiger partial charge in [-0.1, -0.05) is 42.1 Å². The molecule has 5 nitrogen and oxygen atoms in total. The molecule has 0 aliphatic rings. The molecule has 0 aliphatic heterocycles. The Labute approximate surface area is 122 Å². The van der Waals surface area contributed by atoms with Gasteiger partial charge in [0.25, 0.3) is 0 Å². The normalized spacial score (nSPS) is 10.9. The zero-order valence-corrected chi connectivity index (χ0v) is 12.4. The first-order chi connectivity index (χ1) is 9.52. The van der Waals surface area contributed by atoms with Crippen molar-refractivity contribution in [2.75, 3.05) is 12.8 Å². The highest BCUT2D eigenvalue weighted by Crippen LogP contribution is 2.12. The SMILES string of the molecule is CNC(C)C(=O)O.O=CCCSC(=O)c1ccccc1. The minimum Gasteiger partial charge on any atom is -0.480 e. The third-order valence-electron chi connectivity index (χ3n) is 2.28. The number of likely N-dealkylation sites (N-methyl/N-ethyl adjacent to an activating group) is 1. The zero-order chi connectivity index (χ0) is 15.4. The van der Waals surface area contributed by atoms with Crippen LogP contribution in [-0.4, -0.2) is 41.3 Å². The molecule has 20 heavy (non-hydrogen) atoms. The fourth-order valence-corrected chi connectivity index (χ4v) is 1.68. The molecule has 1 rings (SSSR count). The Morgan fingerprint density at radius 2 is 1.95 bits per heavy atom. The van der Waals surface area contributed by atoms with E-state index in [0.717, 1.165) is 6.29 Å². The number of carboxylic acid groups (broad SMARTS) is 1. The van der Waals surface area contributed by atoms with Gasteiger partial charge in [-0.2, -0.15) is 0 Å². The topological polar surface area (TPSA) is 83.5 Å². The van der Waals surface area contributed by atoms with Gasteiger partial charge >= 0.3 is 5.97 Å². The molecule has 1 unspecified atom stereocenters. The Balaban J connectivity index is 0.000000441. The van der Waals surface area contributed by atoms with E-state index in [-0.39, 0.29) is 5.12 Å². The van der Waals surface area contributed by atoms with Crippen molar-refractivity contribution in [3.8, 4) is 0 Å². The van der Waals surface area contributed by atoms with Gasteiger partial charge in [-0.25, -0.2) is 0 Å². The summed E-state index contributed by atoms with van der Waals surface area (Å²) in [7, 11) is 1.61. The molecule has 0 saturated heterocycles. The van der Waals surface area contributed by atoms with Gasteiger partial charge in [0.05, 0.1) is 0 Å². The van der Waals surface area contributed by atoms with Crippen LogP contribution in [0.15, 0.2) is 30.3 Å². The Kier molecular flexibility index (Phi) is 10.3. The van der Waals surface area contributed by atoms with E-state index in [4.69, 9.17) is 5.11 Å². The van der Waals surface area contributed by atoms with Crippen LogP contribution in [0, 0.1) is 0 Å². The summed E-state index contributed by atoms with van der Waals surface area (Å²) in [5.41, 5.74) is 0.693. The summed E-state index contributed by atoms with van der Waals surface area (Å²) in [5, 5.41) is 10.7. The van der Waals surface area contributed by atoms with Crippen molar-refractivity contribution in [1.82, 2.24) is 5.32 Å². The first kappa shape index (κ1) is 18.3. The fraction of sp³-hybridized carbons (Fsp3) is 0.357. The minimum atomic E-state index is -0.817. The maximum Gasteiger partial charge on any atom is 0.320 e. The molecular weight excluding hydrogens is 278 g/mol. The molecule has 0 heterocycles. The van der Waals surface area contributed by atoms with Crippen LogP contribution in [0.5, 0.6) is 0 Å². The van der Waals surface area contributed by atoms with Crippen LogP contribution in [0.25, 0.3) is 0 Å². The third kappa shape index (κ3) is 8.44. The largest absolute Gasteiger partial charge is 0.480 e. The zero-order valence-electron chi connectivity index (χ0n) is 11.5. The molecule has 0 radical (unpaired) electrons. The summed E-state index contributed by atoms with van der Waals surface area (Å²) in [5.74, 6) is -0.250. The van der Waals surface area contributed by atoms with Gasteiger partial charge in [0, 0.05) is 17.7 Å². The van der Waals surface area contributed by atoms with Gasteiger partial charge in [-0.05, 0) is 14.0 Å². The molecule has 110 valence electrons. The smallest absolute Gasteiger partial charge is 0.320 e. The molecule has 6 heteroatoms. The molecule has 1 aromatic carbocycles. The molecule has 0 spiro atoms. The highest BCUT2D eigenvalue weighted by atomic mass is 32.2. The van der Waals surface area contributed by atoms with Crippen LogP contribution in [-0.2, 0) is 9.59 Å². The number of nitrogens with one attached hydrogen (secondary N) is 1. The number of aldehydes is 1. The molecule has 1 atom stereocenters. The monoisotopic (exact) mass is 297 g/mol. The quantitative estimate of drug-likeness (QED) is 0.615. The predicted octanol–water partition coefficient (Wildman–Crippen LogP) is 1.83. The van der Waals surface area contributed by atoms with E-state index in [2.05, 4.69) is 5.32 Å². The second-order valence-electron chi connectivity index (χ2n) is 3.81. The van der Waals surface area contributed by atoms with Crippen LogP contribution in [0.1, 0.15) is 23.7 Å². The Bertz CT molecular complexity index is 422. The lowest BCUT2D eigenvalue weighted by Gasteiger charge is -1.99. The summed E-state index contributed by atoms with van der Waals surface area (Å²) in [6, 6.07) is 8.64. The summed E-state index contributed by atoms with van der Waals surface area (Å²) >= 11 is 1.18. The summed E-state index contributed by atoms with van der Waals surface area (Å²) in [6.07, 6.45) is 1.26. The van der Waals surface area contributed by atoms with Gasteiger partial charge in [0.15, 0.2) is 0 Å². The van der Waals surface area contributed by atoms with Crippen LogP contribution in [0.2, 0.25) is 0 Å². The molecule has 2 N–H and O–H groups in total. The van der Waals surface area contributed by atoms with Crippen molar-refractivity contribution in [3.05, 3.63) is 35.9 Å². The number of rotatable bonds is 6. The van der Waals surface area contributed by atoms with Crippen molar-refractivity contribution < 1.29 is 19.5 Å². The number of hydrogen-bond donors (Lipinski definition) is 2. The number of thioether (sulfide) groups is 1. The maximum atomic E-state index is 11.4. The highest BCUT2D eigenvalue weighted by molar-refractivity contribution is 8.14. The number of benzene rings is 1. The van der Waals surface area contributed by atoms with Gasteiger partial charge in [0.2, 0.25) is 5.12 Å². The van der Waals surface area contributed by atoms with Crippen LogP contribution < -0.4 is 5.32 Å². The highest BCUT2D eigenvalue weighted by Gasteiger charge is 2.04. The molecule has 0 bridgehead atoms. The first-order valence-electron chi connectivity index (χ1n) is 6.08. The van der Waals surface area contributed by atoms with Crippen molar-refractivity contribution in [2.24, 2.45) is 0 Å². The van der Waals surface area contributed by atoms with E-state index in [1.165, 1.54) is 11.8 Å². The van der Waals surface area contributed by atoms with Gasteiger partial charge < -0.3 is 15.2 Å². The fourth-order valence-electron chi connectivity index (χ4n) is 0.981. The molecule has 0 aliphatic carbocycles. The minimum absolute atomic E-state index is 0.0300. The van der Waals surface area contributed by atoms with E-state index in [1.807, 2.05) is 18.2 Å². The average Bonchev–Trinajstić information content (AvgIpc) is 2.48. The van der Waals surface area contributed by atoms with E-state index < -0.39 is 12.0 Å².